The fraction of sp³-hybridized carbons (Fsp3) is 0.0909. The molecule has 84 valence electrons. The van der Waals surface area contributed by atoms with E-state index >= 15 is 0 Å². The van der Waals surface area contributed by atoms with E-state index in [2.05, 4.69) is 22.6 Å². The number of halogens is 1. The maximum Gasteiger partial charge on any atom is 0.170 e. The Balaban J connectivity index is 0.00000128. The number of carbonyl (C=O) groups is 1. The summed E-state index contributed by atoms with van der Waals surface area (Å²) in [6.45, 7) is 0. The molecule has 0 spiro atoms. The van der Waals surface area contributed by atoms with E-state index in [1.165, 1.54) is 0 Å². The number of aromatic nitrogens is 2. The van der Waals surface area contributed by atoms with Gasteiger partial charge < -0.3 is 4.98 Å². The molecule has 0 amide bonds. The molecule has 0 bridgehead atoms. The van der Waals surface area contributed by atoms with E-state index in [0.717, 1.165) is 0 Å². The Morgan fingerprint density at radius 3 is 2.56 bits per heavy atom. The van der Waals surface area contributed by atoms with Gasteiger partial charge in [-0.15, -0.1) is 29.6 Å². The highest BCUT2D eigenvalue weighted by atomic mass is 79.9. The lowest BCUT2D eigenvalue weighted by molar-refractivity contribution is 0.0991. The maximum absolute atomic E-state index is 11.7. The summed E-state index contributed by atoms with van der Waals surface area (Å²) in [6, 6.07) is 9.17. The van der Waals surface area contributed by atoms with Crippen LogP contribution in [-0.4, -0.2) is 15.8 Å². The minimum Gasteiger partial charge on any atom is -0.337 e. The van der Waals surface area contributed by atoms with Crippen molar-refractivity contribution in [1.82, 2.24) is 9.97 Å². The number of Topliss-reactive ketones (excluding diaryl/α,β-unsaturated/α-hetero) is 1. The van der Waals surface area contributed by atoms with Crippen LogP contribution in [0.2, 0.25) is 0 Å². The molecule has 0 atom stereocenters. The number of ketones is 1. The van der Waals surface area contributed by atoms with Gasteiger partial charge in [-0.05, 0) is 0 Å². The van der Waals surface area contributed by atoms with Gasteiger partial charge in [0.25, 0.3) is 0 Å². The lowest BCUT2D eigenvalue weighted by Crippen LogP contribution is -2.04. The Morgan fingerprint density at radius 1 is 1.31 bits per heavy atom. The zero-order valence-corrected chi connectivity index (χ0v) is 11.0. The van der Waals surface area contributed by atoms with Crippen molar-refractivity contribution < 1.29 is 4.79 Å². The van der Waals surface area contributed by atoms with Gasteiger partial charge in [-0.1, -0.05) is 30.3 Å². The number of nitrogens with zero attached hydrogens (tertiary/aromatic N) is 1. The first-order valence-corrected chi connectivity index (χ1v) is 5.01. The van der Waals surface area contributed by atoms with Crippen molar-refractivity contribution in [1.29, 1.82) is 0 Å². The summed E-state index contributed by atoms with van der Waals surface area (Å²) in [4.78, 5) is 18.7. The number of benzene rings is 1. The summed E-state index contributed by atoms with van der Waals surface area (Å²) in [6.07, 6.45) is 1.88. The van der Waals surface area contributed by atoms with Crippen LogP contribution in [0.1, 0.15) is 16.2 Å². The summed E-state index contributed by atoms with van der Waals surface area (Å²) in [5.74, 6) is 0.701. The highest BCUT2D eigenvalue weighted by Gasteiger charge is 2.08. The van der Waals surface area contributed by atoms with E-state index in [1.54, 1.807) is 18.3 Å². The third kappa shape index (κ3) is 3.21. The third-order valence-electron chi connectivity index (χ3n) is 2.04. The van der Waals surface area contributed by atoms with E-state index in [-0.39, 0.29) is 29.2 Å². The second kappa shape index (κ2) is 5.86. The number of hydrogen-bond acceptors (Lipinski definition) is 3. The smallest absolute Gasteiger partial charge is 0.170 e. The molecule has 0 fully saturated rings. The molecule has 2 aromatic rings. The van der Waals surface area contributed by atoms with Crippen molar-refractivity contribution >= 4 is 35.4 Å². The predicted molar refractivity (Wildman–Crippen MR) is 70.6 cm³/mol. The van der Waals surface area contributed by atoms with E-state index < -0.39 is 0 Å². The number of H-pyrrole nitrogens is 1. The van der Waals surface area contributed by atoms with Crippen LogP contribution in [0.5, 0.6) is 0 Å². The van der Waals surface area contributed by atoms with Crippen molar-refractivity contribution in [2.24, 2.45) is 0 Å². The Bertz CT molecular complexity index is 470. The van der Waals surface area contributed by atoms with Crippen LogP contribution >= 0.6 is 29.6 Å². The third-order valence-corrected chi connectivity index (χ3v) is 2.27. The van der Waals surface area contributed by atoms with Gasteiger partial charge in [0.1, 0.15) is 5.82 Å². The number of thiol groups is 1. The number of nitrogens with one attached hydrogen (secondary N) is 1. The minimum atomic E-state index is 0. The monoisotopic (exact) mass is 298 g/mol. The summed E-state index contributed by atoms with van der Waals surface area (Å²) in [7, 11) is 0. The van der Waals surface area contributed by atoms with Gasteiger partial charge >= 0.3 is 0 Å². The second-order valence-corrected chi connectivity index (χ2v) is 3.66. The van der Waals surface area contributed by atoms with Crippen LogP contribution in [0.15, 0.2) is 41.6 Å². The molecule has 1 N–H and O–H groups in total. The largest absolute Gasteiger partial charge is 0.337 e. The average molecular weight is 299 g/mol. The normalized spacial score (nSPS) is 9.56. The fourth-order valence-corrected chi connectivity index (χ4v) is 1.51. The number of hydrogen-bond donors (Lipinski definition) is 2. The van der Waals surface area contributed by atoms with E-state index in [1.807, 2.05) is 18.2 Å². The number of imidazole rings is 1. The first-order valence-electron chi connectivity index (χ1n) is 4.57. The highest BCUT2D eigenvalue weighted by Crippen LogP contribution is 2.06. The summed E-state index contributed by atoms with van der Waals surface area (Å²) >= 11 is 4.09. The lowest BCUT2D eigenvalue weighted by atomic mass is 10.1. The Kier molecular flexibility index (Phi) is 4.76. The zero-order valence-electron chi connectivity index (χ0n) is 8.38. The van der Waals surface area contributed by atoms with Crippen LogP contribution in [0, 0.1) is 0 Å². The van der Waals surface area contributed by atoms with Crippen molar-refractivity contribution in [3.8, 4) is 0 Å². The predicted octanol–water partition coefficient (Wildman–Crippen LogP) is 2.70. The molecule has 0 unspecified atom stereocenters. The standard InChI is InChI=1S/C11H10N2OS.BrH/c14-9(8-4-2-1-3-5-8)6-10-12-7-11(15)13-10;/h1-5,7,15H,6H2,(H,12,13);1H. The first kappa shape index (κ1) is 13.0. The Hall–Kier alpha value is -1.07. The molecule has 3 nitrogen and oxygen atoms in total. The van der Waals surface area contributed by atoms with Gasteiger partial charge in [0.05, 0.1) is 17.6 Å². The SMILES string of the molecule is Br.O=C(Cc1ncc(S)[nH]1)c1ccccc1. The summed E-state index contributed by atoms with van der Waals surface area (Å²) < 4.78 is 0. The van der Waals surface area contributed by atoms with Crippen molar-refractivity contribution in [3.63, 3.8) is 0 Å². The molecule has 1 aromatic carbocycles. The topological polar surface area (TPSA) is 45.8 Å². The quantitative estimate of drug-likeness (QED) is 0.676. The van der Waals surface area contributed by atoms with Crippen molar-refractivity contribution in [2.75, 3.05) is 0 Å². The van der Waals surface area contributed by atoms with Gasteiger partial charge in [0, 0.05) is 5.56 Å². The molecular weight excluding hydrogens is 288 g/mol. The lowest BCUT2D eigenvalue weighted by Gasteiger charge is -1.97. The molecule has 0 aliphatic heterocycles. The second-order valence-electron chi connectivity index (χ2n) is 3.18. The van der Waals surface area contributed by atoms with Gasteiger partial charge in [-0.2, -0.15) is 0 Å². The molecule has 1 aromatic heterocycles. The molecule has 1 heterocycles. The Labute approximate surface area is 109 Å². The number of carbonyl (C=O) groups excluding carboxylic acids is 1. The fourth-order valence-electron chi connectivity index (χ4n) is 1.32. The van der Waals surface area contributed by atoms with Gasteiger partial charge in [0.2, 0.25) is 0 Å². The molecule has 0 saturated carbocycles. The van der Waals surface area contributed by atoms with Crippen LogP contribution in [-0.2, 0) is 6.42 Å². The maximum atomic E-state index is 11.7. The molecule has 0 radical (unpaired) electrons. The molecule has 5 heteroatoms. The van der Waals surface area contributed by atoms with Gasteiger partial charge in [0.15, 0.2) is 5.78 Å². The van der Waals surface area contributed by atoms with E-state index in [0.29, 0.717) is 16.4 Å². The van der Waals surface area contributed by atoms with Gasteiger partial charge in [-0.25, -0.2) is 4.98 Å². The zero-order chi connectivity index (χ0) is 10.7. The van der Waals surface area contributed by atoms with Crippen LogP contribution < -0.4 is 0 Å². The van der Waals surface area contributed by atoms with Gasteiger partial charge in [-0.3, -0.25) is 4.79 Å². The molecule has 0 saturated heterocycles. The number of aromatic amines is 1. The molecular formula is C11H11BrN2OS. The summed E-state index contributed by atoms with van der Waals surface area (Å²) in [5, 5.41) is 0.672. The van der Waals surface area contributed by atoms with E-state index in [9.17, 15) is 4.79 Å². The molecule has 0 aliphatic carbocycles. The summed E-state index contributed by atoms with van der Waals surface area (Å²) in [5.41, 5.74) is 0.703. The van der Waals surface area contributed by atoms with Crippen molar-refractivity contribution in [2.45, 2.75) is 11.4 Å². The molecule has 2 rings (SSSR count). The van der Waals surface area contributed by atoms with Crippen LogP contribution in [0.3, 0.4) is 0 Å². The first-order chi connectivity index (χ1) is 7.25. The number of rotatable bonds is 3. The van der Waals surface area contributed by atoms with Crippen LogP contribution in [0.4, 0.5) is 0 Å². The molecule has 0 aliphatic rings. The Morgan fingerprint density at radius 2 is 2.00 bits per heavy atom. The van der Waals surface area contributed by atoms with E-state index in [4.69, 9.17) is 0 Å². The average Bonchev–Trinajstić information content (AvgIpc) is 2.65. The van der Waals surface area contributed by atoms with Crippen molar-refractivity contribution in [3.05, 3.63) is 47.9 Å². The minimum absolute atomic E-state index is 0. The van der Waals surface area contributed by atoms with Crippen LogP contribution in [0.25, 0.3) is 0 Å². The molecule has 16 heavy (non-hydrogen) atoms. The highest BCUT2D eigenvalue weighted by molar-refractivity contribution is 8.93.